The van der Waals surface area contributed by atoms with Gasteiger partial charge in [-0.3, -0.25) is 5.09 Å². The Kier molecular flexibility index (Phi) is 36.8. The van der Waals surface area contributed by atoms with Gasteiger partial charge in [-0.2, -0.15) is 14.5 Å². The fourth-order valence-electron chi connectivity index (χ4n) is 6.30. The van der Waals surface area contributed by atoms with Crippen molar-refractivity contribution in [1.82, 2.24) is 9.53 Å². The maximum absolute atomic E-state index is 14.8. The zero-order valence-electron chi connectivity index (χ0n) is 43.3. The van der Waals surface area contributed by atoms with Gasteiger partial charge in [0, 0.05) is 54.8 Å². The van der Waals surface area contributed by atoms with Gasteiger partial charge in [-0.1, -0.05) is 154 Å². The molecule has 0 bridgehead atoms. The molecule has 7 aromatic carbocycles. The number of benzene rings is 7. The van der Waals surface area contributed by atoms with Crippen LogP contribution in [0.1, 0.15) is 61.3 Å². The fourth-order valence-corrected chi connectivity index (χ4v) is 16.6. The minimum Gasteiger partial charge on any atom is -1.00 e. The van der Waals surface area contributed by atoms with E-state index in [9.17, 15) is 26.3 Å². The Morgan fingerprint density at radius 3 is 1.05 bits per heavy atom. The summed E-state index contributed by atoms with van der Waals surface area (Å²) >= 11 is 6.93. The number of hydrogen-bond acceptors (Lipinski definition) is 2. The van der Waals surface area contributed by atoms with Gasteiger partial charge in [0.25, 0.3) is 0 Å². The molecular weight excluding hydrogens is 1030 g/mol. The summed E-state index contributed by atoms with van der Waals surface area (Å²) in [7, 11) is -5.36. The SMILES string of the molecule is CC(C)N(P(Cl)c1ccccc1)P(c1ccccc1F)c1ccccc1F.CC(C)NP(c1ccccc1F)c1ccccc1F.CC(C)[N-]P(c1ccccc1F)c1ccccc1F.[CH2-]CCC.[Cl-].[Li+].[Li+].[Li+]. The van der Waals surface area contributed by atoms with Gasteiger partial charge >= 0.3 is 56.6 Å². The van der Waals surface area contributed by atoms with E-state index < -0.39 is 31.6 Å². The molecule has 7 aromatic rings. The van der Waals surface area contributed by atoms with E-state index in [0.29, 0.717) is 31.8 Å². The molecule has 0 aromatic heterocycles. The maximum atomic E-state index is 14.8. The second-order valence-corrected chi connectivity index (χ2v) is 24.5. The van der Waals surface area contributed by atoms with E-state index in [1.165, 1.54) is 42.8 Å². The van der Waals surface area contributed by atoms with E-state index in [4.69, 9.17) is 11.2 Å². The summed E-state index contributed by atoms with van der Waals surface area (Å²) in [4.78, 5) is 0. The largest absolute Gasteiger partial charge is 1.00 e. The van der Waals surface area contributed by atoms with Gasteiger partial charge in [0.05, 0.1) is 7.43 Å². The summed E-state index contributed by atoms with van der Waals surface area (Å²) in [6, 6.07) is 49.0. The second kappa shape index (κ2) is 37.8. The number of nitrogens with one attached hydrogen (secondary N) is 1. The van der Waals surface area contributed by atoms with E-state index in [2.05, 4.69) is 28.5 Å². The molecule has 0 amide bonds. The second-order valence-electron chi connectivity index (χ2n) is 16.0. The minimum absolute atomic E-state index is 0. The van der Waals surface area contributed by atoms with Crippen LogP contribution in [-0.2, 0) is 0 Å². The molecule has 18 heteroatoms. The Bertz CT molecular complexity index is 2380. The summed E-state index contributed by atoms with van der Waals surface area (Å²) in [6.45, 7) is 17.5. The van der Waals surface area contributed by atoms with Gasteiger partial charge in [0.15, 0.2) is 0 Å². The van der Waals surface area contributed by atoms with Crippen molar-refractivity contribution in [3.63, 3.8) is 0 Å². The van der Waals surface area contributed by atoms with Gasteiger partial charge in [0.1, 0.15) is 34.9 Å². The first kappa shape index (κ1) is 71.1. The number of hydrogen-bond donors (Lipinski definition) is 1. The van der Waals surface area contributed by atoms with Gasteiger partial charge < -0.3 is 24.4 Å². The molecule has 0 saturated heterocycles. The fraction of sp³-hybridized carbons (Fsp3) is 0.218. The number of halogens is 8. The van der Waals surface area contributed by atoms with Crippen LogP contribution in [-0.4, -0.2) is 22.6 Å². The molecule has 7 rings (SSSR count). The van der Waals surface area contributed by atoms with Crippen LogP contribution in [0, 0.1) is 41.8 Å². The zero-order valence-corrected chi connectivity index (χ0v) is 48.4. The first-order chi connectivity index (χ1) is 33.1. The van der Waals surface area contributed by atoms with Crippen molar-refractivity contribution in [3.05, 3.63) is 223 Å². The molecule has 1 N–H and O–H groups in total. The Balaban J connectivity index is 0.00000102. The van der Waals surface area contributed by atoms with Crippen molar-refractivity contribution >= 4 is 80.0 Å². The van der Waals surface area contributed by atoms with Crippen LogP contribution < -0.4 is 111 Å². The average Bonchev–Trinajstić information content (AvgIpc) is 3.34. The molecule has 0 aliphatic carbocycles. The zero-order chi connectivity index (χ0) is 50.5. The quantitative estimate of drug-likeness (QED) is 0.0743. The third-order valence-corrected chi connectivity index (χ3v) is 20.7. The normalized spacial score (nSPS) is 11.0. The summed E-state index contributed by atoms with van der Waals surface area (Å²) in [6.07, 6.45) is 2.28. The topological polar surface area (TPSA) is 29.4 Å². The Morgan fingerprint density at radius 1 is 0.493 bits per heavy atom. The van der Waals surface area contributed by atoms with Crippen molar-refractivity contribution in [2.75, 3.05) is 0 Å². The van der Waals surface area contributed by atoms with E-state index in [1.807, 2.05) is 71.9 Å². The molecule has 0 radical (unpaired) electrons. The molecule has 1 unspecified atom stereocenters. The monoisotopic (exact) mass is 1090 g/mol. The van der Waals surface area contributed by atoms with Crippen LogP contribution in [0.5, 0.6) is 0 Å². The van der Waals surface area contributed by atoms with Crippen molar-refractivity contribution in [1.29, 1.82) is 0 Å². The van der Waals surface area contributed by atoms with Gasteiger partial charge in [-0.25, -0.2) is 30.8 Å². The summed E-state index contributed by atoms with van der Waals surface area (Å²) in [5.41, 5.74) is 0. The van der Waals surface area contributed by atoms with E-state index in [1.54, 1.807) is 109 Å². The van der Waals surface area contributed by atoms with Crippen molar-refractivity contribution in [3.8, 4) is 0 Å². The predicted molar refractivity (Wildman–Crippen MR) is 290 cm³/mol. The molecule has 0 saturated carbocycles. The Hall–Kier alpha value is -1.91. The molecule has 3 nitrogen and oxygen atoms in total. The number of unbranched alkanes of at least 4 members (excludes halogenated alkanes) is 1. The molecule has 0 aliphatic heterocycles. The summed E-state index contributed by atoms with van der Waals surface area (Å²) in [5.74, 6) is -1.95. The summed E-state index contributed by atoms with van der Waals surface area (Å²) < 4.78 is 87.4. The van der Waals surface area contributed by atoms with E-state index in [0.717, 1.165) is 11.7 Å². The molecule has 0 heterocycles. The van der Waals surface area contributed by atoms with Gasteiger partial charge in [-0.05, 0) is 99.0 Å². The predicted octanol–water partition coefficient (Wildman–Crippen LogP) is 2.94. The smallest absolute Gasteiger partial charge is 1.00 e. The van der Waals surface area contributed by atoms with Gasteiger partial charge in [-0.15, -0.1) is 6.04 Å². The molecule has 0 aliphatic rings. The van der Waals surface area contributed by atoms with E-state index in [-0.39, 0.29) is 122 Å². The first-order valence-corrected chi connectivity index (χ1v) is 28.7. The molecule has 0 fully saturated rings. The Morgan fingerprint density at radius 2 is 0.781 bits per heavy atom. The van der Waals surface area contributed by atoms with Crippen LogP contribution in [0.2, 0.25) is 0 Å². The van der Waals surface area contributed by atoms with Crippen LogP contribution in [0.15, 0.2) is 176 Å². The molecule has 0 spiro atoms. The third kappa shape index (κ3) is 22.2. The maximum Gasteiger partial charge on any atom is 1.00 e. The summed E-state index contributed by atoms with van der Waals surface area (Å²) in [5, 5.41) is 11.7. The van der Waals surface area contributed by atoms with Crippen LogP contribution in [0.3, 0.4) is 0 Å². The van der Waals surface area contributed by atoms with Crippen molar-refractivity contribution < 1.29 is 95.3 Å². The average molecular weight is 1090 g/mol. The van der Waals surface area contributed by atoms with Crippen molar-refractivity contribution in [2.45, 2.75) is 79.4 Å². The van der Waals surface area contributed by atoms with Crippen molar-refractivity contribution in [2.24, 2.45) is 0 Å². The number of rotatable bonds is 15. The minimum atomic E-state index is -1.48. The van der Waals surface area contributed by atoms with Crippen LogP contribution in [0.4, 0.5) is 26.3 Å². The number of nitrogens with zero attached hydrogens (tertiary/aromatic N) is 2. The van der Waals surface area contributed by atoms with E-state index >= 15 is 0 Å². The molecule has 73 heavy (non-hydrogen) atoms. The third-order valence-electron chi connectivity index (χ3n) is 9.41. The van der Waals surface area contributed by atoms with Crippen LogP contribution >= 0.6 is 42.9 Å². The Labute approximate surface area is 483 Å². The first-order valence-electron chi connectivity index (χ1n) is 22.5. The molecule has 374 valence electrons. The molecular formula is C55H60Cl2F6Li3N3P4. The van der Waals surface area contributed by atoms with Gasteiger partial charge in [0.2, 0.25) is 0 Å². The van der Waals surface area contributed by atoms with Crippen LogP contribution in [0.25, 0.3) is 5.09 Å². The standard InChI is InChI=1S/C21H20ClF2NP2.C15H16F2NP.C15H15F2NP.C4H9.ClH.3Li/c1-16(2)25(27(22)17-10-4-3-5-11-17)26(20-14-8-6-12-18(20)23)21-15-9-7-13-19(21)24;2*1-11(2)18-19(14-9-5-3-7-12(14)16)15-10-6-4-8-13(15)17;1-3-4-2;;;;/h3-16H,1-2H3;3-11,18H,1-2H3;3-11H,1-2H3;1,3-4H2,2H3;1H;;;/q;;2*-1;;3*+1/p-1. The molecule has 1 atom stereocenters.